The second kappa shape index (κ2) is 5.77. The average molecular weight is 266 g/mol. The summed E-state index contributed by atoms with van der Waals surface area (Å²) in [6, 6.07) is 5.60. The predicted molar refractivity (Wildman–Crippen MR) is 71.1 cm³/mol. The van der Waals surface area contributed by atoms with Gasteiger partial charge in [-0.25, -0.2) is 0 Å². The van der Waals surface area contributed by atoms with Crippen molar-refractivity contribution in [3.05, 3.63) is 23.8 Å². The van der Waals surface area contributed by atoms with Crippen LogP contribution in [0.1, 0.15) is 5.56 Å². The Bertz CT molecular complexity index is 476. The van der Waals surface area contributed by atoms with Crippen molar-refractivity contribution in [3.8, 4) is 5.75 Å². The number of amides is 2. The topological polar surface area (TPSA) is 67.4 Å². The summed E-state index contributed by atoms with van der Waals surface area (Å²) < 4.78 is 5.26. The van der Waals surface area contributed by atoms with E-state index >= 15 is 0 Å². The molecule has 0 aromatic heterocycles. The minimum atomic E-state index is -0.150. The molecule has 96 valence electrons. The number of carbonyl (C=O) groups excluding carboxylic acids is 2. The number of hydrogen-bond acceptors (Lipinski definition) is 4. The highest BCUT2D eigenvalue weighted by atomic mass is 32.1. The average Bonchev–Trinajstić information content (AvgIpc) is 2.38. The fourth-order valence-electron chi connectivity index (χ4n) is 1.69. The molecule has 0 bridgehead atoms. The van der Waals surface area contributed by atoms with Crippen LogP contribution >= 0.6 is 12.6 Å². The summed E-state index contributed by atoms with van der Waals surface area (Å²) in [5, 5.41) is 5.48. The highest BCUT2D eigenvalue weighted by molar-refractivity contribution is 7.81. The molecular weight excluding hydrogens is 252 g/mol. The van der Waals surface area contributed by atoms with Crippen LogP contribution in [0.25, 0.3) is 0 Å². The molecule has 0 saturated carbocycles. The third kappa shape index (κ3) is 3.16. The quantitative estimate of drug-likeness (QED) is 0.699. The zero-order chi connectivity index (χ0) is 13.0. The van der Waals surface area contributed by atoms with E-state index in [4.69, 9.17) is 4.74 Å². The normalized spacial score (nSPS) is 13.3. The highest BCUT2D eigenvalue weighted by Gasteiger charge is 2.15. The van der Waals surface area contributed by atoms with Crippen molar-refractivity contribution in [2.24, 2.45) is 0 Å². The highest BCUT2D eigenvalue weighted by Crippen LogP contribution is 2.28. The molecule has 18 heavy (non-hydrogen) atoms. The summed E-state index contributed by atoms with van der Waals surface area (Å²) in [4.78, 5) is 22.2. The van der Waals surface area contributed by atoms with Gasteiger partial charge in [0.2, 0.25) is 5.91 Å². The molecule has 6 heteroatoms. The molecule has 0 spiro atoms. The van der Waals surface area contributed by atoms with Gasteiger partial charge in [0.1, 0.15) is 5.75 Å². The van der Waals surface area contributed by atoms with Crippen molar-refractivity contribution in [3.63, 3.8) is 0 Å². The van der Waals surface area contributed by atoms with Crippen LogP contribution in [-0.2, 0) is 16.0 Å². The summed E-state index contributed by atoms with van der Waals surface area (Å²) in [7, 11) is 0. The molecule has 1 heterocycles. The van der Waals surface area contributed by atoms with E-state index in [0.29, 0.717) is 24.4 Å². The van der Waals surface area contributed by atoms with Crippen LogP contribution in [0.5, 0.6) is 5.75 Å². The summed E-state index contributed by atoms with van der Waals surface area (Å²) in [6.45, 7) is 0.608. The SMILES string of the molecule is O=C(CS)NCCc1ccc2c(c1)NC(=O)CO2. The van der Waals surface area contributed by atoms with Gasteiger partial charge in [0.05, 0.1) is 11.4 Å². The second-order valence-electron chi connectivity index (χ2n) is 3.93. The Hall–Kier alpha value is -1.69. The molecule has 0 atom stereocenters. The lowest BCUT2D eigenvalue weighted by molar-refractivity contribution is -0.119. The number of fused-ring (bicyclic) bond motifs is 1. The molecule has 0 fully saturated rings. The van der Waals surface area contributed by atoms with E-state index in [-0.39, 0.29) is 24.2 Å². The number of benzene rings is 1. The molecule has 2 amide bonds. The van der Waals surface area contributed by atoms with Gasteiger partial charge < -0.3 is 15.4 Å². The molecule has 2 rings (SSSR count). The van der Waals surface area contributed by atoms with Gasteiger partial charge in [0.15, 0.2) is 6.61 Å². The first-order chi connectivity index (χ1) is 8.69. The largest absolute Gasteiger partial charge is 0.482 e. The monoisotopic (exact) mass is 266 g/mol. The minimum absolute atomic E-state index is 0.0599. The molecule has 0 aliphatic carbocycles. The Morgan fingerprint density at radius 1 is 1.50 bits per heavy atom. The third-order valence-corrected chi connectivity index (χ3v) is 2.84. The van der Waals surface area contributed by atoms with Crippen LogP contribution < -0.4 is 15.4 Å². The number of hydrogen-bond donors (Lipinski definition) is 3. The van der Waals surface area contributed by atoms with Gasteiger partial charge in [-0.1, -0.05) is 6.07 Å². The Labute approximate surface area is 110 Å². The summed E-state index contributed by atoms with van der Waals surface area (Å²) in [5.74, 6) is 0.627. The molecule has 1 aliphatic heterocycles. The van der Waals surface area contributed by atoms with Gasteiger partial charge in [-0.2, -0.15) is 12.6 Å². The van der Waals surface area contributed by atoms with Gasteiger partial charge in [0, 0.05) is 6.54 Å². The number of carbonyl (C=O) groups is 2. The Morgan fingerprint density at radius 3 is 3.11 bits per heavy atom. The van der Waals surface area contributed by atoms with E-state index in [2.05, 4.69) is 23.3 Å². The van der Waals surface area contributed by atoms with Crippen molar-refractivity contribution in [2.75, 3.05) is 24.2 Å². The first-order valence-electron chi connectivity index (χ1n) is 5.62. The minimum Gasteiger partial charge on any atom is -0.482 e. The number of thiol groups is 1. The van der Waals surface area contributed by atoms with Crippen LogP contribution in [0.3, 0.4) is 0 Å². The van der Waals surface area contributed by atoms with Crippen LogP contribution in [0.15, 0.2) is 18.2 Å². The first-order valence-corrected chi connectivity index (χ1v) is 6.25. The number of rotatable bonds is 4. The summed E-state index contributed by atoms with van der Waals surface area (Å²) in [6.07, 6.45) is 0.697. The zero-order valence-electron chi connectivity index (χ0n) is 9.73. The van der Waals surface area contributed by atoms with Crippen LogP contribution in [-0.4, -0.2) is 30.7 Å². The van der Waals surface area contributed by atoms with Gasteiger partial charge in [-0.05, 0) is 24.1 Å². The van der Waals surface area contributed by atoms with Crippen LogP contribution in [0, 0.1) is 0 Å². The second-order valence-corrected chi connectivity index (χ2v) is 4.24. The number of anilines is 1. The molecule has 0 unspecified atom stereocenters. The van der Waals surface area contributed by atoms with Crippen LogP contribution in [0.2, 0.25) is 0 Å². The fourth-order valence-corrected chi connectivity index (χ4v) is 1.80. The summed E-state index contributed by atoms with van der Waals surface area (Å²) >= 11 is 3.87. The Morgan fingerprint density at radius 2 is 2.33 bits per heavy atom. The third-order valence-electron chi connectivity index (χ3n) is 2.56. The van der Waals surface area contributed by atoms with Crippen LogP contribution in [0.4, 0.5) is 5.69 Å². The van der Waals surface area contributed by atoms with E-state index in [1.165, 1.54) is 0 Å². The standard InChI is InChI=1S/C12H14N2O3S/c15-11-6-17-10-2-1-8(5-9(10)14-11)3-4-13-12(16)7-18/h1-2,5,18H,3-4,6-7H2,(H,13,16)(H,14,15). The molecule has 2 N–H and O–H groups in total. The van der Waals surface area contributed by atoms with E-state index < -0.39 is 0 Å². The van der Waals surface area contributed by atoms with Crippen molar-refractivity contribution in [2.45, 2.75) is 6.42 Å². The van der Waals surface area contributed by atoms with Crippen molar-refractivity contribution >= 4 is 30.1 Å². The Balaban J connectivity index is 1.96. The van der Waals surface area contributed by atoms with E-state index in [1.54, 1.807) is 0 Å². The van der Waals surface area contributed by atoms with Crippen molar-refractivity contribution in [1.29, 1.82) is 0 Å². The van der Waals surface area contributed by atoms with Crippen molar-refractivity contribution in [1.82, 2.24) is 5.32 Å². The van der Waals surface area contributed by atoms with Gasteiger partial charge in [0.25, 0.3) is 5.91 Å². The maximum atomic E-state index is 11.2. The van der Waals surface area contributed by atoms with Crippen molar-refractivity contribution < 1.29 is 14.3 Å². The van der Waals surface area contributed by atoms with Gasteiger partial charge in [-0.3, -0.25) is 9.59 Å². The lowest BCUT2D eigenvalue weighted by atomic mass is 10.1. The Kier molecular flexibility index (Phi) is 4.09. The molecule has 5 nitrogen and oxygen atoms in total. The maximum Gasteiger partial charge on any atom is 0.262 e. The van der Waals surface area contributed by atoms with E-state index in [1.807, 2.05) is 18.2 Å². The number of nitrogens with one attached hydrogen (secondary N) is 2. The summed E-state index contributed by atoms with van der Waals surface area (Å²) in [5.41, 5.74) is 1.71. The maximum absolute atomic E-state index is 11.2. The molecule has 1 aliphatic rings. The zero-order valence-corrected chi connectivity index (χ0v) is 10.6. The molecular formula is C12H14N2O3S. The molecule has 1 aromatic carbocycles. The lowest BCUT2D eigenvalue weighted by Crippen LogP contribution is -2.27. The predicted octanol–water partition coefficient (Wildman–Crippen LogP) is 0.606. The lowest BCUT2D eigenvalue weighted by Gasteiger charge is -2.18. The molecule has 0 saturated heterocycles. The van der Waals surface area contributed by atoms with Gasteiger partial charge >= 0.3 is 0 Å². The molecule has 1 aromatic rings. The van der Waals surface area contributed by atoms with E-state index in [0.717, 1.165) is 5.56 Å². The fraction of sp³-hybridized carbons (Fsp3) is 0.333. The van der Waals surface area contributed by atoms with Gasteiger partial charge in [-0.15, -0.1) is 0 Å². The number of ether oxygens (including phenoxy) is 1. The smallest absolute Gasteiger partial charge is 0.262 e. The van der Waals surface area contributed by atoms with E-state index in [9.17, 15) is 9.59 Å². The molecule has 0 radical (unpaired) electrons. The first kappa shape index (κ1) is 12.8.